The molecule has 0 spiro atoms. The average Bonchev–Trinajstić information content (AvgIpc) is 3.01. The Morgan fingerprint density at radius 1 is 0.909 bits per heavy atom. The molecular formula is C14H10Br2N4O2. The number of hydrogen-bond donors (Lipinski definition) is 2. The molecule has 0 amide bonds. The van der Waals surface area contributed by atoms with Crippen molar-refractivity contribution in [2.24, 2.45) is 0 Å². The first-order chi connectivity index (χ1) is 10.6. The van der Waals surface area contributed by atoms with Crippen LogP contribution in [0.4, 0.5) is 11.4 Å². The molecule has 0 aliphatic rings. The normalized spacial score (nSPS) is 10.6. The maximum absolute atomic E-state index is 9.67. The van der Waals surface area contributed by atoms with E-state index in [0.717, 1.165) is 11.4 Å². The van der Waals surface area contributed by atoms with E-state index in [2.05, 4.69) is 41.9 Å². The standard InChI is InChI=1S/C14H10Br2N4O2/c15-11-5-9(1-3-13(11)21)20(19-8-17-7-18-19)10-2-4-14(22)12(16)6-10/h1-8,21-22H. The molecule has 3 rings (SSSR count). The van der Waals surface area contributed by atoms with Crippen LogP contribution < -0.4 is 5.01 Å². The van der Waals surface area contributed by atoms with Gasteiger partial charge in [-0.05, 0) is 68.3 Å². The average molecular weight is 426 g/mol. The van der Waals surface area contributed by atoms with Crippen LogP contribution in [0.15, 0.2) is 58.0 Å². The second kappa shape index (κ2) is 5.98. The quantitative estimate of drug-likeness (QED) is 0.667. The fourth-order valence-corrected chi connectivity index (χ4v) is 2.68. The Kier molecular flexibility index (Phi) is 4.04. The molecule has 0 aliphatic carbocycles. The summed E-state index contributed by atoms with van der Waals surface area (Å²) in [6, 6.07) is 10.2. The number of hydrogen-bond acceptors (Lipinski definition) is 5. The number of aromatic hydroxyl groups is 2. The van der Waals surface area contributed by atoms with Gasteiger partial charge in [-0.1, -0.05) is 0 Å². The number of halogens is 2. The second-order valence-corrected chi connectivity index (χ2v) is 6.11. The molecule has 0 atom stereocenters. The Morgan fingerprint density at radius 2 is 1.45 bits per heavy atom. The van der Waals surface area contributed by atoms with Crippen molar-refractivity contribution in [1.82, 2.24) is 14.9 Å². The van der Waals surface area contributed by atoms with Crippen LogP contribution in [-0.4, -0.2) is 25.1 Å². The smallest absolute Gasteiger partial charge is 0.139 e. The number of benzene rings is 2. The number of rotatable bonds is 3. The summed E-state index contributed by atoms with van der Waals surface area (Å²) < 4.78 is 1.13. The highest BCUT2D eigenvalue weighted by Crippen LogP contribution is 2.35. The molecule has 2 aromatic carbocycles. The van der Waals surface area contributed by atoms with Crippen molar-refractivity contribution in [3.8, 4) is 11.5 Å². The van der Waals surface area contributed by atoms with Crippen molar-refractivity contribution in [3.63, 3.8) is 0 Å². The van der Waals surface area contributed by atoms with Crippen molar-refractivity contribution in [3.05, 3.63) is 58.0 Å². The van der Waals surface area contributed by atoms with Gasteiger partial charge in [-0.2, -0.15) is 4.79 Å². The van der Waals surface area contributed by atoms with E-state index in [0.29, 0.717) is 8.95 Å². The summed E-state index contributed by atoms with van der Waals surface area (Å²) in [5.41, 5.74) is 1.51. The molecule has 0 bridgehead atoms. The van der Waals surface area contributed by atoms with Crippen LogP contribution in [0.3, 0.4) is 0 Å². The second-order valence-electron chi connectivity index (χ2n) is 4.40. The highest BCUT2D eigenvalue weighted by molar-refractivity contribution is 9.10. The molecule has 2 N–H and O–H groups in total. The zero-order valence-electron chi connectivity index (χ0n) is 11.1. The van der Waals surface area contributed by atoms with Crippen molar-refractivity contribution in [2.45, 2.75) is 0 Å². The van der Waals surface area contributed by atoms with E-state index in [9.17, 15) is 10.2 Å². The lowest BCUT2D eigenvalue weighted by atomic mass is 10.2. The minimum Gasteiger partial charge on any atom is -0.507 e. The van der Waals surface area contributed by atoms with Gasteiger partial charge in [0.2, 0.25) is 0 Å². The fourth-order valence-electron chi connectivity index (χ4n) is 1.95. The summed E-state index contributed by atoms with van der Waals surface area (Å²) in [5, 5.41) is 25.3. The molecular weight excluding hydrogens is 416 g/mol. The van der Waals surface area contributed by atoms with Gasteiger partial charge in [0.05, 0.1) is 20.3 Å². The molecule has 0 saturated heterocycles. The van der Waals surface area contributed by atoms with Crippen LogP contribution in [0.25, 0.3) is 0 Å². The van der Waals surface area contributed by atoms with Gasteiger partial charge < -0.3 is 10.2 Å². The van der Waals surface area contributed by atoms with Crippen LogP contribution in [0.2, 0.25) is 0 Å². The summed E-state index contributed by atoms with van der Waals surface area (Å²) in [6.07, 6.45) is 2.99. The molecule has 0 aliphatic heterocycles. The van der Waals surface area contributed by atoms with Gasteiger partial charge >= 0.3 is 0 Å². The van der Waals surface area contributed by atoms with Crippen molar-refractivity contribution in [1.29, 1.82) is 0 Å². The third kappa shape index (κ3) is 2.79. The monoisotopic (exact) mass is 424 g/mol. The Balaban J connectivity index is 2.15. The number of nitrogens with zero attached hydrogens (tertiary/aromatic N) is 4. The van der Waals surface area contributed by atoms with Gasteiger partial charge in [-0.3, -0.25) is 0 Å². The van der Waals surface area contributed by atoms with Crippen LogP contribution in [0.1, 0.15) is 0 Å². The molecule has 112 valence electrons. The molecule has 0 radical (unpaired) electrons. The van der Waals surface area contributed by atoms with Gasteiger partial charge in [0.1, 0.15) is 24.2 Å². The van der Waals surface area contributed by atoms with E-state index in [-0.39, 0.29) is 11.5 Å². The summed E-state index contributed by atoms with van der Waals surface area (Å²) in [7, 11) is 0. The SMILES string of the molecule is Oc1ccc(N(c2ccc(O)c(Br)c2)n2cncn2)cc1Br. The van der Waals surface area contributed by atoms with E-state index in [1.54, 1.807) is 52.5 Å². The van der Waals surface area contributed by atoms with Crippen LogP contribution in [0.5, 0.6) is 11.5 Å². The zero-order valence-corrected chi connectivity index (χ0v) is 14.2. The number of phenols is 2. The van der Waals surface area contributed by atoms with E-state index in [1.165, 1.54) is 6.33 Å². The Morgan fingerprint density at radius 3 is 1.86 bits per heavy atom. The van der Waals surface area contributed by atoms with Crippen LogP contribution >= 0.6 is 31.9 Å². The van der Waals surface area contributed by atoms with Gasteiger partial charge in [0.15, 0.2) is 0 Å². The lowest BCUT2D eigenvalue weighted by Gasteiger charge is -2.24. The number of anilines is 2. The summed E-state index contributed by atoms with van der Waals surface area (Å²) in [5.74, 6) is 0.295. The lowest BCUT2D eigenvalue weighted by Crippen LogP contribution is -2.24. The maximum Gasteiger partial charge on any atom is 0.139 e. The van der Waals surface area contributed by atoms with E-state index in [1.807, 2.05) is 0 Å². The topological polar surface area (TPSA) is 74.4 Å². The molecule has 0 saturated carbocycles. The highest BCUT2D eigenvalue weighted by Gasteiger charge is 2.15. The van der Waals surface area contributed by atoms with E-state index in [4.69, 9.17) is 0 Å². The molecule has 3 aromatic rings. The van der Waals surface area contributed by atoms with E-state index >= 15 is 0 Å². The van der Waals surface area contributed by atoms with Crippen molar-refractivity contribution in [2.75, 3.05) is 5.01 Å². The third-order valence-electron chi connectivity index (χ3n) is 2.96. The Hall–Kier alpha value is -2.06. The predicted octanol–water partition coefficient (Wildman–Crippen LogP) is 3.82. The number of aromatic nitrogens is 3. The highest BCUT2D eigenvalue weighted by atomic mass is 79.9. The van der Waals surface area contributed by atoms with Gasteiger partial charge in [-0.25, -0.2) is 9.99 Å². The molecule has 8 heteroatoms. The minimum absolute atomic E-state index is 0.147. The van der Waals surface area contributed by atoms with E-state index < -0.39 is 0 Å². The molecule has 22 heavy (non-hydrogen) atoms. The Labute approximate surface area is 142 Å². The summed E-state index contributed by atoms with van der Waals surface area (Å²) >= 11 is 6.61. The molecule has 1 aromatic heterocycles. The summed E-state index contributed by atoms with van der Waals surface area (Å²) in [4.78, 5) is 5.52. The number of phenolic OH excluding ortho intramolecular Hbond substituents is 2. The van der Waals surface area contributed by atoms with Crippen LogP contribution in [0, 0.1) is 0 Å². The fraction of sp³-hybridized carbons (Fsp3) is 0. The molecule has 0 unspecified atom stereocenters. The first kappa shape index (κ1) is 14.9. The molecule has 0 fully saturated rings. The lowest BCUT2D eigenvalue weighted by molar-refractivity contribution is 0.471. The van der Waals surface area contributed by atoms with Gasteiger partial charge in [0.25, 0.3) is 0 Å². The molecule has 1 heterocycles. The first-order valence-corrected chi connectivity index (χ1v) is 7.77. The minimum atomic E-state index is 0.147. The maximum atomic E-state index is 9.67. The summed E-state index contributed by atoms with van der Waals surface area (Å²) in [6.45, 7) is 0. The van der Waals surface area contributed by atoms with Gasteiger partial charge in [0, 0.05) is 0 Å². The predicted molar refractivity (Wildman–Crippen MR) is 89.2 cm³/mol. The third-order valence-corrected chi connectivity index (χ3v) is 4.23. The zero-order chi connectivity index (χ0) is 15.7. The first-order valence-electron chi connectivity index (χ1n) is 6.18. The largest absolute Gasteiger partial charge is 0.507 e. The van der Waals surface area contributed by atoms with Crippen molar-refractivity contribution >= 4 is 43.2 Å². The van der Waals surface area contributed by atoms with Crippen molar-refractivity contribution < 1.29 is 10.2 Å². The molecule has 6 nitrogen and oxygen atoms in total. The Bertz CT molecular complexity index is 757. The van der Waals surface area contributed by atoms with Gasteiger partial charge in [-0.15, -0.1) is 5.10 Å². The van der Waals surface area contributed by atoms with Crippen LogP contribution in [-0.2, 0) is 0 Å².